The van der Waals surface area contributed by atoms with Crippen molar-refractivity contribution in [2.45, 2.75) is 39.4 Å². The zero-order valence-corrected chi connectivity index (χ0v) is 13.8. The minimum Gasteiger partial charge on any atom is -0.481 e. The number of hydrogen-bond donors (Lipinski definition) is 1. The minimum atomic E-state index is -0.877. The number of nitrogens with zero attached hydrogens (tertiary/aromatic N) is 3. The van der Waals surface area contributed by atoms with E-state index in [0.29, 0.717) is 19.5 Å². The number of aliphatic carboxylic acids is 1. The van der Waals surface area contributed by atoms with Crippen molar-refractivity contribution in [3.8, 4) is 0 Å². The number of carboxylic acid groups (broad SMARTS) is 1. The number of carbonyl (C=O) groups excluding carboxylic acids is 1. The van der Waals surface area contributed by atoms with Gasteiger partial charge in [-0.1, -0.05) is 12.1 Å². The molecule has 2 unspecified atom stereocenters. The summed E-state index contributed by atoms with van der Waals surface area (Å²) in [6.45, 7) is 4.52. The normalized spacial score (nSPS) is 20.7. The monoisotopic (exact) mass is 331 g/mol. The van der Waals surface area contributed by atoms with Crippen molar-refractivity contribution < 1.29 is 14.7 Å². The van der Waals surface area contributed by atoms with Crippen LogP contribution in [0.2, 0.25) is 0 Å². The molecule has 1 aliphatic heterocycles. The molecule has 2 heterocycles. The van der Waals surface area contributed by atoms with Gasteiger partial charge in [0.25, 0.3) is 0 Å². The number of amides is 1. The molecule has 3 rings (SSSR count). The van der Waals surface area contributed by atoms with E-state index in [9.17, 15) is 19.5 Å². The lowest BCUT2D eigenvalue weighted by Crippen LogP contribution is -2.41. The Morgan fingerprint density at radius 1 is 1.21 bits per heavy atom. The van der Waals surface area contributed by atoms with Gasteiger partial charge in [0, 0.05) is 19.1 Å². The first-order chi connectivity index (χ1) is 11.5. The maximum absolute atomic E-state index is 12.7. The molecule has 1 aromatic carbocycles. The summed E-state index contributed by atoms with van der Waals surface area (Å²) < 4.78 is 3.11. The van der Waals surface area contributed by atoms with Crippen molar-refractivity contribution in [3.63, 3.8) is 0 Å². The van der Waals surface area contributed by atoms with Gasteiger partial charge in [-0.15, -0.1) is 0 Å². The van der Waals surface area contributed by atoms with Gasteiger partial charge in [-0.2, -0.15) is 0 Å². The van der Waals surface area contributed by atoms with E-state index in [0.717, 1.165) is 11.0 Å². The predicted octanol–water partition coefficient (Wildman–Crippen LogP) is 1.14. The van der Waals surface area contributed by atoms with Gasteiger partial charge >= 0.3 is 11.7 Å². The lowest BCUT2D eigenvalue weighted by molar-refractivity contribution is -0.143. The average Bonchev–Trinajstić information content (AvgIpc) is 3.06. The van der Waals surface area contributed by atoms with Crippen LogP contribution in [0.3, 0.4) is 0 Å². The van der Waals surface area contributed by atoms with Gasteiger partial charge in [-0.05, 0) is 32.4 Å². The molecule has 24 heavy (non-hydrogen) atoms. The average molecular weight is 331 g/mol. The zero-order valence-electron chi connectivity index (χ0n) is 13.8. The Morgan fingerprint density at radius 3 is 2.38 bits per heavy atom. The number of rotatable bonds is 4. The third-order valence-corrected chi connectivity index (χ3v) is 4.93. The highest BCUT2D eigenvalue weighted by atomic mass is 16.4. The fraction of sp³-hybridized carbons (Fsp3) is 0.471. The van der Waals surface area contributed by atoms with Crippen molar-refractivity contribution >= 4 is 22.9 Å². The second-order valence-electron chi connectivity index (χ2n) is 6.16. The predicted molar refractivity (Wildman–Crippen MR) is 88.8 cm³/mol. The second kappa shape index (κ2) is 6.14. The molecule has 0 aliphatic carbocycles. The largest absolute Gasteiger partial charge is 0.481 e. The number of aromatic nitrogens is 2. The molecule has 2 aromatic rings. The summed E-state index contributed by atoms with van der Waals surface area (Å²) in [7, 11) is 0. The molecule has 1 N–H and O–H groups in total. The van der Waals surface area contributed by atoms with Crippen LogP contribution in [0.15, 0.2) is 29.1 Å². The molecule has 0 spiro atoms. The van der Waals surface area contributed by atoms with Crippen molar-refractivity contribution in [1.29, 1.82) is 0 Å². The molecule has 7 heteroatoms. The van der Waals surface area contributed by atoms with Gasteiger partial charge in [-0.25, -0.2) is 4.79 Å². The Hall–Kier alpha value is -2.57. The molecule has 7 nitrogen and oxygen atoms in total. The molecule has 0 bridgehead atoms. The van der Waals surface area contributed by atoms with Crippen LogP contribution in [-0.2, 0) is 22.7 Å². The van der Waals surface area contributed by atoms with E-state index >= 15 is 0 Å². The van der Waals surface area contributed by atoms with Crippen LogP contribution in [0.4, 0.5) is 0 Å². The van der Waals surface area contributed by atoms with E-state index in [-0.39, 0.29) is 24.2 Å². The summed E-state index contributed by atoms with van der Waals surface area (Å²) >= 11 is 0. The van der Waals surface area contributed by atoms with E-state index in [1.54, 1.807) is 16.4 Å². The van der Waals surface area contributed by atoms with E-state index < -0.39 is 11.9 Å². The van der Waals surface area contributed by atoms with Crippen molar-refractivity contribution in [1.82, 2.24) is 14.0 Å². The van der Waals surface area contributed by atoms with Gasteiger partial charge in [0.05, 0.1) is 17.0 Å². The first-order valence-electron chi connectivity index (χ1n) is 8.16. The lowest BCUT2D eigenvalue weighted by Gasteiger charge is -2.23. The number of fused-ring (bicyclic) bond motifs is 1. The molecule has 128 valence electrons. The zero-order chi connectivity index (χ0) is 17.4. The summed E-state index contributed by atoms with van der Waals surface area (Å²) in [6, 6.07) is 7.02. The minimum absolute atomic E-state index is 0.0664. The highest BCUT2D eigenvalue weighted by molar-refractivity contribution is 5.82. The van der Waals surface area contributed by atoms with Crippen LogP contribution in [0.25, 0.3) is 11.0 Å². The summed E-state index contributed by atoms with van der Waals surface area (Å²) in [6.07, 6.45) is 0.452. The number of hydrogen-bond acceptors (Lipinski definition) is 3. The number of benzene rings is 1. The standard InChI is InChI=1S/C17H21N3O4/c1-3-18-13-6-4-5-7-14(13)20(17(18)24)10-15(21)19-9-8-12(11(19)2)16(22)23/h4-7,11-12H,3,8-10H2,1-2H3,(H,22,23). The molecule has 1 saturated heterocycles. The second-order valence-corrected chi connectivity index (χ2v) is 6.16. The quantitative estimate of drug-likeness (QED) is 0.911. The Balaban J connectivity index is 1.91. The number of aryl methyl sites for hydroxylation is 1. The molecular formula is C17H21N3O4. The van der Waals surface area contributed by atoms with Crippen LogP contribution in [0, 0.1) is 5.92 Å². The van der Waals surface area contributed by atoms with Gasteiger partial charge in [0.2, 0.25) is 5.91 Å². The molecular weight excluding hydrogens is 310 g/mol. The number of imidazole rings is 1. The Kier molecular flexibility index (Phi) is 4.17. The van der Waals surface area contributed by atoms with Crippen LogP contribution in [0.5, 0.6) is 0 Å². The highest BCUT2D eigenvalue weighted by Gasteiger charge is 2.38. The number of carboxylic acids is 1. The van der Waals surface area contributed by atoms with Crippen LogP contribution >= 0.6 is 0 Å². The molecule has 0 radical (unpaired) electrons. The van der Waals surface area contributed by atoms with Gasteiger partial charge in [0.1, 0.15) is 6.54 Å². The Bertz CT molecular complexity index is 851. The number of likely N-dealkylation sites (tertiary alicyclic amines) is 1. The van der Waals surface area contributed by atoms with Gasteiger partial charge in [-0.3, -0.25) is 18.7 Å². The summed E-state index contributed by atoms with van der Waals surface area (Å²) in [5.74, 6) is -1.63. The Labute approximate surface area is 139 Å². The first-order valence-corrected chi connectivity index (χ1v) is 8.16. The van der Waals surface area contributed by atoms with Crippen molar-refractivity contribution in [2.24, 2.45) is 5.92 Å². The molecule has 1 aromatic heterocycles. The SMILES string of the molecule is CCn1c(=O)n(CC(=O)N2CCC(C(=O)O)C2C)c2ccccc21. The molecule has 2 atom stereocenters. The lowest BCUT2D eigenvalue weighted by atomic mass is 10.0. The number of carbonyl (C=O) groups is 2. The van der Waals surface area contributed by atoms with E-state index in [2.05, 4.69) is 0 Å². The van der Waals surface area contributed by atoms with Crippen LogP contribution in [0.1, 0.15) is 20.3 Å². The maximum Gasteiger partial charge on any atom is 0.329 e. The fourth-order valence-corrected chi connectivity index (χ4v) is 3.58. The maximum atomic E-state index is 12.7. The van der Waals surface area contributed by atoms with E-state index in [1.807, 2.05) is 31.2 Å². The van der Waals surface area contributed by atoms with Crippen LogP contribution < -0.4 is 5.69 Å². The first kappa shape index (κ1) is 16.3. The fourth-order valence-electron chi connectivity index (χ4n) is 3.58. The summed E-state index contributed by atoms with van der Waals surface area (Å²) in [4.78, 5) is 38.0. The third-order valence-electron chi connectivity index (χ3n) is 4.93. The van der Waals surface area contributed by atoms with Crippen molar-refractivity contribution in [3.05, 3.63) is 34.7 Å². The highest BCUT2D eigenvalue weighted by Crippen LogP contribution is 2.25. The van der Waals surface area contributed by atoms with E-state index in [1.165, 1.54) is 4.57 Å². The number of para-hydroxylation sites is 2. The molecule has 1 fully saturated rings. The van der Waals surface area contributed by atoms with Crippen LogP contribution in [-0.4, -0.2) is 43.6 Å². The van der Waals surface area contributed by atoms with E-state index in [4.69, 9.17) is 0 Å². The summed E-state index contributed by atoms with van der Waals surface area (Å²) in [5, 5.41) is 9.20. The third kappa shape index (κ3) is 2.50. The smallest absolute Gasteiger partial charge is 0.329 e. The molecule has 1 amide bonds. The van der Waals surface area contributed by atoms with Gasteiger partial charge < -0.3 is 10.0 Å². The molecule has 0 saturated carbocycles. The van der Waals surface area contributed by atoms with Gasteiger partial charge in [0.15, 0.2) is 0 Å². The Morgan fingerprint density at radius 2 is 1.83 bits per heavy atom. The summed E-state index contributed by atoms with van der Waals surface area (Å²) in [5.41, 5.74) is 1.31. The molecule has 1 aliphatic rings. The topological polar surface area (TPSA) is 84.5 Å². The van der Waals surface area contributed by atoms with Crippen molar-refractivity contribution in [2.75, 3.05) is 6.54 Å².